The van der Waals surface area contributed by atoms with Gasteiger partial charge in [-0.05, 0) is 5.92 Å². The summed E-state index contributed by atoms with van der Waals surface area (Å²) in [4.78, 5) is 13.7. The van der Waals surface area contributed by atoms with Gasteiger partial charge < -0.3 is 10.1 Å². The number of hydrogen-bond donors (Lipinski definition) is 2. The van der Waals surface area contributed by atoms with Gasteiger partial charge in [-0.1, -0.05) is 13.8 Å². The second-order valence-corrected chi connectivity index (χ2v) is 3.17. The van der Waals surface area contributed by atoms with E-state index in [-0.39, 0.29) is 24.3 Å². The minimum absolute atomic E-state index is 0.00454. The second kappa shape index (κ2) is 3.58. The molecule has 0 amide bonds. The highest BCUT2D eigenvalue weighted by molar-refractivity contribution is 4.82. The lowest BCUT2D eigenvalue weighted by molar-refractivity contribution is 0.190. The fraction of sp³-hybridized carbons (Fsp3) is 0.625. The molecule has 1 aromatic rings. The summed E-state index contributed by atoms with van der Waals surface area (Å²) in [6.07, 6.45) is 3.23. The molecule has 0 saturated heterocycles. The Morgan fingerprint density at radius 3 is 2.67 bits per heavy atom. The summed E-state index contributed by atoms with van der Waals surface area (Å²) < 4.78 is 1.52. The fourth-order valence-electron chi connectivity index (χ4n) is 1.21. The predicted octanol–water partition coefficient (Wildman–Crippen LogP) is 0.366. The Balaban J connectivity index is 2.95. The van der Waals surface area contributed by atoms with E-state index in [9.17, 15) is 4.79 Å². The van der Waals surface area contributed by atoms with Crippen molar-refractivity contribution in [2.75, 3.05) is 6.61 Å². The molecule has 0 saturated carbocycles. The monoisotopic (exact) mass is 170 g/mol. The van der Waals surface area contributed by atoms with Gasteiger partial charge in [0, 0.05) is 12.4 Å². The van der Waals surface area contributed by atoms with Crippen molar-refractivity contribution in [1.29, 1.82) is 0 Å². The number of aliphatic hydroxyl groups is 1. The predicted molar refractivity (Wildman–Crippen MR) is 46.0 cm³/mol. The average molecular weight is 170 g/mol. The van der Waals surface area contributed by atoms with Gasteiger partial charge in [0.25, 0.3) is 0 Å². The maximum Gasteiger partial charge on any atom is 0.325 e. The summed E-state index contributed by atoms with van der Waals surface area (Å²) in [7, 11) is 0. The third-order valence-corrected chi connectivity index (χ3v) is 1.99. The molecular formula is C8H14N2O2. The van der Waals surface area contributed by atoms with E-state index in [2.05, 4.69) is 4.98 Å². The summed E-state index contributed by atoms with van der Waals surface area (Å²) in [6, 6.07) is -0.122. The van der Waals surface area contributed by atoms with Gasteiger partial charge in [0.15, 0.2) is 0 Å². The van der Waals surface area contributed by atoms with Crippen molar-refractivity contribution >= 4 is 0 Å². The zero-order chi connectivity index (χ0) is 9.14. The minimum atomic E-state index is -0.164. The standard InChI is InChI=1S/C8H14N2O2/c1-6(2)7(5-11)10-4-3-9-8(10)12/h3-4,6-7,11H,5H2,1-2H3,(H,9,12)/t7-/m0/s1. The third-order valence-electron chi connectivity index (χ3n) is 1.99. The van der Waals surface area contributed by atoms with Crippen LogP contribution in [0.15, 0.2) is 17.2 Å². The highest BCUT2D eigenvalue weighted by Crippen LogP contribution is 2.13. The van der Waals surface area contributed by atoms with Crippen molar-refractivity contribution in [3.8, 4) is 0 Å². The lowest BCUT2D eigenvalue weighted by atomic mass is 10.1. The molecule has 0 aliphatic rings. The molecule has 1 heterocycles. The van der Waals surface area contributed by atoms with Crippen LogP contribution >= 0.6 is 0 Å². The van der Waals surface area contributed by atoms with Crippen LogP contribution in [0.3, 0.4) is 0 Å². The number of nitrogens with one attached hydrogen (secondary N) is 1. The smallest absolute Gasteiger partial charge is 0.325 e. The van der Waals surface area contributed by atoms with Gasteiger partial charge in [-0.25, -0.2) is 4.79 Å². The Labute approximate surface area is 70.9 Å². The molecule has 68 valence electrons. The summed E-state index contributed by atoms with van der Waals surface area (Å²) in [6.45, 7) is 3.94. The molecule has 4 heteroatoms. The number of imidazole rings is 1. The normalized spacial score (nSPS) is 13.7. The molecule has 1 atom stereocenters. The number of hydrogen-bond acceptors (Lipinski definition) is 2. The number of nitrogens with zero attached hydrogens (tertiary/aromatic N) is 1. The lowest BCUT2D eigenvalue weighted by Crippen LogP contribution is -2.27. The molecule has 1 rings (SSSR count). The van der Waals surface area contributed by atoms with E-state index in [1.54, 1.807) is 12.4 Å². The molecule has 0 radical (unpaired) electrons. The zero-order valence-electron chi connectivity index (χ0n) is 7.32. The molecule has 0 aliphatic carbocycles. The van der Waals surface area contributed by atoms with Crippen molar-refractivity contribution < 1.29 is 5.11 Å². The van der Waals surface area contributed by atoms with Crippen molar-refractivity contribution in [3.63, 3.8) is 0 Å². The molecular weight excluding hydrogens is 156 g/mol. The number of H-pyrrole nitrogens is 1. The topological polar surface area (TPSA) is 58.0 Å². The molecule has 12 heavy (non-hydrogen) atoms. The van der Waals surface area contributed by atoms with E-state index in [1.165, 1.54) is 4.57 Å². The molecule has 0 spiro atoms. The minimum Gasteiger partial charge on any atom is -0.394 e. The molecule has 0 bridgehead atoms. The Morgan fingerprint density at radius 2 is 2.33 bits per heavy atom. The van der Waals surface area contributed by atoms with E-state index in [1.807, 2.05) is 13.8 Å². The quantitative estimate of drug-likeness (QED) is 0.688. The largest absolute Gasteiger partial charge is 0.394 e. The van der Waals surface area contributed by atoms with E-state index in [0.29, 0.717) is 0 Å². The van der Waals surface area contributed by atoms with Crippen molar-refractivity contribution in [2.24, 2.45) is 5.92 Å². The van der Waals surface area contributed by atoms with E-state index >= 15 is 0 Å². The lowest BCUT2D eigenvalue weighted by Gasteiger charge is -2.18. The van der Waals surface area contributed by atoms with Crippen LogP contribution in [-0.4, -0.2) is 21.3 Å². The van der Waals surface area contributed by atoms with Crippen LogP contribution in [0.25, 0.3) is 0 Å². The summed E-state index contributed by atoms with van der Waals surface area (Å²) >= 11 is 0. The van der Waals surface area contributed by atoms with E-state index < -0.39 is 0 Å². The van der Waals surface area contributed by atoms with Gasteiger partial charge in [-0.3, -0.25) is 4.57 Å². The summed E-state index contributed by atoms with van der Waals surface area (Å²) in [5, 5.41) is 9.02. The number of aromatic nitrogens is 2. The van der Waals surface area contributed by atoms with Crippen LogP contribution < -0.4 is 5.69 Å². The zero-order valence-corrected chi connectivity index (χ0v) is 7.32. The highest BCUT2D eigenvalue weighted by Gasteiger charge is 2.15. The van der Waals surface area contributed by atoms with E-state index in [0.717, 1.165) is 0 Å². The van der Waals surface area contributed by atoms with Gasteiger partial charge in [0.05, 0.1) is 12.6 Å². The molecule has 0 aromatic carbocycles. The molecule has 2 N–H and O–H groups in total. The maximum atomic E-state index is 11.1. The van der Waals surface area contributed by atoms with Gasteiger partial charge in [0.1, 0.15) is 0 Å². The molecule has 4 nitrogen and oxygen atoms in total. The Kier molecular flexibility index (Phi) is 2.70. The summed E-state index contributed by atoms with van der Waals surface area (Å²) in [5.74, 6) is 0.253. The van der Waals surface area contributed by atoms with Crippen molar-refractivity contribution in [1.82, 2.24) is 9.55 Å². The van der Waals surface area contributed by atoms with Crippen LogP contribution in [0, 0.1) is 5.92 Å². The van der Waals surface area contributed by atoms with Crippen molar-refractivity contribution in [3.05, 3.63) is 22.9 Å². The summed E-state index contributed by atoms with van der Waals surface area (Å²) in [5.41, 5.74) is -0.164. The number of aliphatic hydroxyl groups excluding tert-OH is 1. The molecule has 1 aromatic heterocycles. The Hall–Kier alpha value is -1.03. The average Bonchev–Trinajstić information content (AvgIpc) is 2.38. The van der Waals surface area contributed by atoms with Crippen LogP contribution in [0.1, 0.15) is 19.9 Å². The molecule has 0 aliphatic heterocycles. The van der Waals surface area contributed by atoms with Crippen LogP contribution in [-0.2, 0) is 0 Å². The first-order chi connectivity index (χ1) is 5.66. The molecule has 0 fully saturated rings. The van der Waals surface area contributed by atoms with Crippen LogP contribution in [0.2, 0.25) is 0 Å². The Morgan fingerprint density at radius 1 is 1.67 bits per heavy atom. The third kappa shape index (κ3) is 1.58. The van der Waals surface area contributed by atoms with Gasteiger partial charge >= 0.3 is 5.69 Å². The Bertz CT molecular complexity index is 287. The first kappa shape index (κ1) is 9.06. The van der Waals surface area contributed by atoms with Gasteiger partial charge in [-0.2, -0.15) is 0 Å². The van der Waals surface area contributed by atoms with Gasteiger partial charge in [-0.15, -0.1) is 0 Å². The van der Waals surface area contributed by atoms with Crippen LogP contribution in [0.5, 0.6) is 0 Å². The maximum absolute atomic E-state index is 11.1. The van der Waals surface area contributed by atoms with E-state index in [4.69, 9.17) is 5.11 Å². The number of rotatable bonds is 3. The SMILES string of the molecule is CC(C)[C@H](CO)n1cc[nH]c1=O. The molecule has 0 unspecified atom stereocenters. The first-order valence-corrected chi connectivity index (χ1v) is 4.03. The second-order valence-electron chi connectivity index (χ2n) is 3.17. The van der Waals surface area contributed by atoms with Crippen molar-refractivity contribution in [2.45, 2.75) is 19.9 Å². The van der Waals surface area contributed by atoms with Gasteiger partial charge in [0.2, 0.25) is 0 Å². The fourth-order valence-corrected chi connectivity index (χ4v) is 1.21. The first-order valence-electron chi connectivity index (χ1n) is 4.03. The van der Waals surface area contributed by atoms with Crippen LogP contribution in [0.4, 0.5) is 0 Å². The number of aromatic amines is 1. The highest BCUT2D eigenvalue weighted by atomic mass is 16.3.